The zero-order valence-electron chi connectivity index (χ0n) is 14.0. The van der Waals surface area contributed by atoms with Gasteiger partial charge >= 0.3 is 6.03 Å². The molecular weight excluding hydrogens is 306 g/mol. The van der Waals surface area contributed by atoms with Gasteiger partial charge in [0.15, 0.2) is 0 Å². The number of rotatable bonds is 4. The molecule has 7 nitrogen and oxygen atoms in total. The van der Waals surface area contributed by atoms with Crippen molar-refractivity contribution < 1.29 is 9.59 Å². The van der Waals surface area contributed by atoms with Crippen LogP contribution in [0.15, 0.2) is 30.5 Å². The molecule has 24 heavy (non-hydrogen) atoms. The van der Waals surface area contributed by atoms with Crippen molar-refractivity contribution in [2.24, 2.45) is 0 Å². The molecule has 1 aromatic heterocycles. The van der Waals surface area contributed by atoms with Crippen molar-refractivity contribution in [2.75, 3.05) is 11.9 Å². The highest BCUT2D eigenvalue weighted by Gasteiger charge is 2.24. The van der Waals surface area contributed by atoms with Crippen molar-refractivity contribution in [2.45, 2.75) is 32.4 Å². The van der Waals surface area contributed by atoms with E-state index in [1.807, 2.05) is 38.1 Å². The van der Waals surface area contributed by atoms with Crippen LogP contribution in [0.3, 0.4) is 0 Å². The van der Waals surface area contributed by atoms with Crippen LogP contribution in [0.25, 0.3) is 0 Å². The summed E-state index contributed by atoms with van der Waals surface area (Å²) in [5.41, 5.74) is 3.76. The Balaban J connectivity index is 1.63. The van der Waals surface area contributed by atoms with Crippen LogP contribution < -0.4 is 15.5 Å². The first kappa shape index (κ1) is 16.0. The minimum absolute atomic E-state index is 0.0916. The van der Waals surface area contributed by atoms with Gasteiger partial charge in [-0.05, 0) is 37.1 Å². The van der Waals surface area contributed by atoms with Gasteiger partial charge < -0.3 is 15.5 Å². The summed E-state index contributed by atoms with van der Waals surface area (Å²) in [7, 11) is 1.78. The van der Waals surface area contributed by atoms with Crippen molar-refractivity contribution in [1.29, 1.82) is 0 Å². The van der Waals surface area contributed by atoms with E-state index in [0.717, 1.165) is 22.5 Å². The van der Waals surface area contributed by atoms with E-state index in [4.69, 9.17) is 0 Å². The summed E-state index contributed by atoms with van der Waals surface area (Å²) in [4.78, 5) is 25.6. The van der Waals surface area contributed by atoms with Crippen LogP contribution in [-0.2, 0) is 11.2 Å². The fourth-order valence-corrected chi connectivity index (χ4v) is 2.86. The predicted molar refractivity (Wildman–Crippen MR) is 90.6 cm³/mol. The third-order valence-corrected chi connectivity index (χ3v) is 4.36. The van der Waals surface area contributed by atoms with Crippen molar-refractivity contribution in [1.82, 2.24) is 20.8 Å². The lowest BCUT2D eigenvalue weighted by Crippen LogP contribution is -2.38. The molecule has 2 atom stereocenters. The van der Waals surface area contributed by atoms with E-state index in [9.17, 15) is 9.59 Å². The largest absolute Gasteiger partial charge is 0.332 e. The van der Waals surface area contributed by atoms with Crippen LogP contribution in [0.5, 0.6) is 0 Å². The van der Waals surface area contributed by atoms with E-state index >= 15 is 0 Å². The number of aromatic nitrogens is 2. The number of benzene rings is 1. The lowest BCUT2D eigenvalue weighted by atomic mass is 10.0. The Bertz CT molecular complexity index is 756. The Kier molecular flexibility index (Phi) is 4.24. The highest BCUT2D eigenvalue weighted by Crippen LogP contribution is 2.30. The zero-order chi connectivity index (χ0) is 17.3. The molecule has 0 aliphatic carbocycles. The van der Waals surface area contributed by atoms with Gasteiger partial charge in [-0.2, -0.15) is 5.10 Å². The molecule has 0 saturated heterocycles. The molecule has 3 N–H and O–H groups in total. The van der Waals surface area contributed by atoms with Crippen LogP contribution >= 0.6 is 0 Å². The Labute approximate surface area is 140 Å². The number of hydrogen-bond acceptors (Lipinski definition) is 3. The number of likely N-dealkylation sites (N-methyl/N-ethyl adjacent to an activating group) is 1. The number of aromatic amines is 1. The second-order valence-corrected chi connectivity index (χ2v) is 6.09. The number of amides is 3. The van der Waals surface area contributed by atoms with Crippen molar-refractivity contribution in [3.05, 3.63) is 47.3 Å². The lowest BCUT2D eigenvalue weighted by Gasteiger charge is -2.19. The normalized spacial score (nSPS) is 15.8. The summed E-state index contributed by atoms with van der Waals surface area (Å²) in [6.45, 7) is 3.80. The van der Waals surface area contributed by atoms with Crippen molar-refractivity contribution >= 4 is 17.6 Å². The number of nitrogens with zero attached hydrogens (tertiary/aromatic N) is 2. The molecule has 7 heteroatoms. The van der Waals surface area contributed by atoms with Gasteiger partial charge in [0.2, 0.25) is 5.91 Å². The lowest BCUT2D eigenvalue weighted by molar-refractivity contribution is -0.117. The summed E-state index contributed by atoms with van der Waals surface area (Å²) in [6, 6.07) is 7.10. The molecular formula is C17H21N5O2. The third kappa shape index (κ3) is 3.10. The number of anilines is 1. The fraction of sp³-hybridized carbons (Fsp3) is 0.353. The molecule has 0 radical (unpaired) electrons. The molecule has 1 aliphatic rings. The van der Waals surface area contributed by atoms with Crippen molar-refractivity contribution in [3.8, 4) is 0 Å². The summed E-state index contributed by atoms with van der Waals surface area (Å²) in [5, 5.41) is 12.5. The van der Waals surface area contributed by atoms with E-state index in [0.29, 0.717) is 6.42 Å². The second kappa shape index (κ2) is 6.35. The van der Waals surface area contributed by atoms with Gasteiger partial charge in [-0.3, -0.25) is 9.89 Å². The number of carbonyl (C=O) groups is 2. The summed E-state index contributed by atoms with van der Waals surface area (Å²) < 4.78 is 0. The molecule has 1 aromatic carbocycles. The first-order valence-electron chi connectivity index (χ1n) is 7.91. The fourth-order valence-electron chi connectivity index (χ4n) is 2.86. The standard InChI is InChI=1S/C17H21N5O2/c1-10(19-17(24)20-11(2)14-6-7-18-21-14)12-4-5-15-13(8-12)9-16(23)22(15)3/h4-8,10-11H,9H2,1-3H3,(H,18,21)(H2,19,20,24). The van der Waals surface area contributed by atoms with Gasteiger partial charge in [0.1, 0.15) is 0 Å². The first-order chi connectivity index (χ1) is 11.5. The van der Waals surface area contributed by atoms with Gasteiger partial charge in [-0.1, -0.05) is 12.1 Å². The molecule has 2 unspecified atom stereocenters. The molecule has 126 valence electrons. The van der Waals surface area contributed by atoms with Gasteiger partial charge in [-0.15, -0.1) is 0 Å². The van der Waals surface area contributed by atoms with Crippen LogP contribution in [0, 0.1) is 0 Å². The maximum atomic E-state index is 12.2. The van der Waals surface area contributed by atoms with E-state index < -0.39 is 0 Å². The average molecular weight is 327 g/mol. The second-order valence-electron chi connectivity index (χ2n) is 6.09. The van der Waals surface area contributed by atoms with Crippen LogP contribution in [-0.4, -0.2) is 29.2 Å². The van der Waals surface area contributed by atoms with Crippen molar-refractivity contribution in [3.63, 3.8) is 0 Å². The van der Waals surface area contributed by atoms with Crippen LogP contribution in [0.1, 0.15) is 42.8 Å². The first-order valence-corrected chi connectivity index (χ1v) is 7.91. The molecule has 1 aliphatic heterocycles. The number of H-pyrrole nitrogens is 1. The number of nitrogens with one attached hydrogen (secondary N) is 3. The summed E-state index contributed by atoms with van der Waals surface area (Å²) >= 11 is 0. The average Bonchev–Trinajstić information content (AvgIpc) is 3.16. The SMILES string of the molecule is CC(NC(=O)NC(C)c1ccn[nH]1)c1ccc2c(c1)CC(=O)N2C. The van der Waals surface area contributed by atoms with E-state index in [1.165, 1.54) is 0 Å². The Morgan fingerprint density at radius 2 is 2.00 bits per heavy atom. The van der Waals surface area contributed by atoms with Gasteiger partial charge in [-0.25, -0.2) is 4.79 Å². The molecule has 0 bridgehead atoms. The molecule has 0 saturated carbocycles. The topological polar surface area (TPSA) is 90.1 Å². The minimum atomic E-state index is -0.252. The third-order valence-electron chi connectivity index (χ3n) is 4.36. The van der Waals surface area contributed by atoms with E-state index in [2.05, 4.69) is 20.8 Å². The number of hydrogen-bond donors (Lipinski definition) is 3. The monoisotopic (exact) mass is 327 g/mol. The molecule has 0 spiro atoms. The highest BCUT2D eigenvalue weighted by molar-refractivity contribution is 6.00. The quantitative estimate of drug-likeness (QED) is 0.803. The molecule has 3 rings (SSSR count). The predicted octanol–water partition coefficient (Wildman–Crippen LogP) is 2.05. The zero-order valence-corrected chi connectivity index (χ0v) is 14.0. The van der Waals surface area contributed by atoms with Gasteiger partial charge in [0.25, 0.3) is 0 Å². The molecule has 0 fully saturated rings. The van der Waals surface area contributed by atoms with E-state index in [1.54, 1.807) is 18.1 Å². The Morgan fingerprint density at radius 1 is 1.25 bits per heavy atom. The smallest absolute Gasteiger partial charge is 0.315 e. The van der Waals surface area contributed by atoms with Gasteiger partial charge in [0.05, 0.1) is 24.2 Å². The maximum Gasteiger partial charge on any atom is 0.315 e. The summed E-state index contributed by atoms with van der Waals surface area (Å²) in [5.74, 6) is 0.0916. The Morgan fingerprint density at radius 3 is 2.71 bits per heavy atom. The summed E-state index contributed by atoms with van der Waals surface area (Å²) in [6.07, 6.45) is 2.06. The molecule has 3 amide bonds. The van der Waals surface area contributed by atoms with E-state index in [-0.39, 0.29) is 24.0 Å². The molecule has 2 heterocycles. The number of carbonyl (C=O) groups excluding carboxylic acids is 2. The van der Waals surface area contributed by atoms with Gasteiger partial charge in [0, 0.05) is 18.9 Å². The maximum absolute atomic E-state index is 12.2. The van der Waals surface area contributed by atoms with Crippen LogP contribution in [0.4, 0.5) is 10.5 Å². The van der Waals surface area contributed by atoms with Crippen LogP contribution in [0.2, 0.25) is 0 Å². The number of fused-ring (bicyclic) bond motifs is 1. The minimum Gasteiger partial charge on any atom is -0.332 e. The highest BCUT2D eigenvalue weighted by atomic mass is 16.2. The molecule has 2 aromatic rings. The number of urea groups is 1. The Hall–Kier alpha value is -2.83.